The molecule has 8 nitrogen and oxygen atoms in total. The van der Waals surface area contributed by atoms with Crippen LogP contribution in [0.1, 0.15) is 52.3 Å². The number of rotatable bonds is 10. The molecule has 0 saturated carbocycles. The molecule has 1 amide bonds. The maximum absolute atomic E-state index is 12.0. The molecule has 8 heteroatoms. The summed E-state index contributed by atoms with van der Waals surface area (Å²) in [7, 11) is 0. The molecule has 2 rings (SSSR count). The minimum atomic E-state index is -0.646. The van der Waals surface area contributed by atoms with Crippen LogP contribution in [0.25, 0.3) is 6.08 Å². The van der Waals surface area contributed by atoms with Crippen molar-refractivity contribution >= 4 is 23.8 Å². The third-order valence-corrected chi connectivity index (χ3v) is 4.03. The topological polar surface area (TPSA) is 99.9 Å². The van der Waals surface area contributed by atoms with E-state index in [2.05, 4.69) is 10.5 Å². The fraction of sp³-hybridized carbons (Fsp3) is 0.435. The van der Waals surface area contributed by atoms with Crippen LogP contribution in [0.4, 0.5) is 5.88 Å². The number of aromatic nitrogens is 1. The summed E-state index contributed by atoms with van der Waals surface area (Å²) < 4.78 is 21.3. The van der Waals surface area contributed by atoms with Gasteiger partial charge < -0.3 is 18.7 Å². The highest BCUT2D eigenvalue weighted by molar-refractivity contribution is 5.93. The molecule has 0 spiro atoms. The molecular weight excluding hydrogens is 400 g/mol. The third-order valence-electron chi connectivity index (χ3n) is 4.03. The van der Waals surface area contributed by atoms with Crippen LogP contribution in [-0.4, -0.2) is 36.9 Å². The minimum Gasteiger partial charge on any atom is -0.490 e. The van der Waals surface area contributed by atoms with Crippen LogP contribution in [-0.2, 0) is 19.7 Å². The number of nitrogens with one attached hydrogen (secondary N) is 1. The largest absolute Gasteiger partial charge is 0.490 e. The van der Waals surface area contributed by atoms with E-state index in [1.54, 1.807) is 30.3 Å². The van der Waals surface area contributed by atoms with Gasteiger partial charge in [-0.05, 0) is 37.1 Å². The zero-order valence-electron chi connectivity index (χ0n) is 18.7. The average Bonchev–Trinajstić information content (AvgIpc) is 3.19. The van der Waals surface area contributed by atoms with Crippen molar-refractivity contribution in [1.29, 1.82) is 0 Å². The van der Waals surface area contributed by atoms with Crippen LogP contribution in [0, 0.1) is 0 Å². The Morgan fingerprint density at radius 2 is 1.90 bits per heavy atom. The number of carbonyl (C=O) groups is 2. The first-order valence-electron chi connectivity index (χ1n) is 10.2. The highest BCUT2D eigenvalue weighted by Crippen LogP contribution is 2.29. The van der Waals surface area contributed by atoms with E-state index in [9.17, 15) is 9.59 Å². The molecule has 1 N–H and O–H groups in total. The van der Waals surface area contributed by atoms with Crippen LogP contribution in [0.2, 0.25) is 0 Å². The number of carbonyl (C=O) groups excluding carboxylic acids is 2. The lowest BCUT2D eigenvalue weighted by Crippen LogP contribution is -2.19. The second-order valence-electron chi connectivity index (χ2n) is 7.80. The molecule has 0 fully saturated rings. The van der Waals surface area contributed by atoms with Crippen LogP contribution in [0.15, 0.2) is 34.9 Å². The van der Waals surface area contributed by atoms with Crippen LogP contribution in [0.3, 0.4) is 0 Å². The van der Waals surface area contributed by atoms with Crippen molar-refractivity contribution < 1.29 is 28.3 Å². The molecule has 31 heavy (non-hydrogen) atoms. The summed E-state index contributed by atoms with van der Waals surface area (Å²) in [6.07, 6.45) is 3.72. The first kappa shape index (κ1) is 24.0. The molecule has 2 aromatic rings. The zero-order chi connectivity index (χ0) is 22.9. The molecule has 0 aliphatic carbocycles. The molecule has 1 aromatic carbocycles. The standard InChI is InChI=1S/C23H30N2O6/c1-6-12-29-17-10-8-16(13-18(17)28-7-2)9-11-22(27)30-15-20(26)24-21-14-19(25-31-21)23(3,4)5/h8-11,13-14H,6-7,12,15H2,1-5H3,(H,24,26)/b11-9+. The Morgan fingerprint density at radius 3 is 2.55 bits per heavy atom. The van der Waals surface area contributed by atoms with Crippen LogP contribution in [0.5, 0.6) is 11.5 Å². The van der Waals surface area contributed by atoms with Gasteiger partial charge in [-0.3, -0.25) is 10.1 Å². The summed E-state index contributed by atoms with van der Waals surface area (Å²) >= 11 is 0. The normalized spacial score (nSPS) is 11.4. The van der Waals surface area contributed by atoms with E-state index in [0.29, 0.717) is 30.4 Å². The predicted molar refractivity (Wildman–Crippen MR) is 117 cm³/mol. The van der Waals surface area contributed by atoms with Gasteiger partial charge in [0.25, 0.3) is 5.91 Å². The zero-order valence-corrected chi connectivity index (χ0v) is 18.7. The molecule has 0 aliphatic rings. The Morgan fingerprint density at radius 1 is 1.13 bits per heavy atom. The van der Waals surface area contributed by atoms with Gasteiger partial charge in [0.1, 0.15) is 0 Å². The number of nitrogens with zero attached hydrogens (tertiary/aromatic N) is 1. The molecule has 0 bridgehead atoms. The molecular formula is C23H30N2O6. The smallest absolute Gasteiger partial charge is 0.331 e. The van der Waals surface area contributed by atoms with Gasteiger partial charge >= 0.3 is 5.97 Å². The Bertz CT molecular complexity index is 911. The first-order valence-corrected chi connectivity index (χ1v) is 10.2. The van der Waals surface area contributed by atoms with Crippen LogP contribution >= 0.6 is 0 Å². The molecule has 0 aliphatic heterocycles. The first-order chi connectivity index (χ1) is 14.7. The lowest BCUT2D eigenvalue weighted by atomic mass is 9.92. The fourth-order valence-electron chi connectivity index (χ4n) is 2.44. The Balaban J connectivity index is 1.88. The number of ether oxygens (including phenoxy) is 3. The Kier molecular flexibility index (Phi) is 8.66. The fourth-order valence-corrected chi connectivity index (χ4v) is 2.44. The van der Waals surface area contributed by atoms with Gasteiger partial charge in [-0.25, -0.2) is 4.79 Å². The molecule has 1 aromatic heterocycles. The van der Waals surface area contributed by atoms with Crippen molar-refractivity contribution in [2.24, 2.45) is 0 Å². The van der Waals surface area contributed by atoms with Crippen molar-refractivity contribution in [3.63, 3.8) is 0 Å². The van der Waals surface area contributed by atoms with Gasteiger partial charge in [-0.2, -0.15) is 0 Å². The third kappa shape index (κ3) is 7.81. The van der Waals surface area contributed by atoms with Gasteiger partial charge in [0, 0.05) is 17.6 Å². The van der Waals surface area contributed by atoms with E-state index in [1.807, 2.05) is 34.6 Å². The second-order valence-corrected chi connectivity index (χ2v) is 7.80. The van der Waals surface area contributed by atoms with E-state index in [0.717, 1.165) is 12.0 Å². The van der Waals surface area contributed by atoms with Crippen molar-refractivity contribution in [3.8, 4) is 11.5 Å². The summed E-state index contributed by atoms with van der Waals surface area (Å²) in [5, 5.41) is 6.42. The van der Waals surface area contributed by atoms with Crippen molar-refractivity contribution in [2.75, 3.05) is 25.1 Å². The number of esters is 1. The molecule has 1 heterocycles. The van der Waals surface area contributed by atoms with Crippen molar-refractivity contribution in [1.82, 2.24) is 5.16 Å². The quantitative estimate of drug-likeness (QED) is 0.442. The molecule has 0 unspecified atom stereocenters. The SMILES string of the molecule is CCCOc1ccc(/C=C/C(=O)OCC(=O)Nc2cc(C(C)(C)C)no2)cc1OCC. The molecule has 0 saturated heterocycles. The van der Waals surface area contributed by atoms with E-state index >= 15 is 0 Å². The second kappa shape index (κ2) is 11.2. The number of hydrogen-bond donors (Lipinski definition) is 1. The monoisotopic (exact) mass is 430 g/mol. The predicted octanol–water partition coefficient (Wildman–Crippen LogP) is 4.35. The van der Waals surface area contributed by atoms with Crippen molar-refractivity contribution in [3.05, 3.63) is 41.6 Å². The highest BCUT2D eigenvalue weighted by atomic mass is 16.5. The van der Waals surface area contributed by atoms with Crippen molar-refractivity contribution in [2.45, 2.75) is 46.5 Å². The summed E-state index contributed by atoms with van der Waals surface area (Å²) in [5.74, 6) is 0.298. The van der Waals surface area contributed by atoms with Gasteiger partial charge in [-0.15, -0.1) is 0 Å². The average molecular weight is 431 g/mol. The number of benzene rings is 1. The van der Waals surface area contributed by atoms with E-state index in [1.165, 1.54) is 6.08 Å². The van der Waals surface area contributed by atoms with E-state index in [4.69, 9.17) is 18.7 Å². The Hall–Kier alpha value is -3.29. The maximum Gasteiger partial charge on any atom is 0.331 e. The summed E-state index contributed by atoms with van der Waals surface area (Å²) in [5.41, 5.74) is 1.25. The maximum atomic E-state index is 12.0. The number of hydrogen-bond acceptors (Lipinski definition) is 7. The van der Waals surface area contributed by atoms with Gasteiger partial charge in [0.2, 0.25) is 5.88 Å². The highest BCUT2D eigenvalue weighted by Gasteiger charge is 2.19. The molecule has 168 valence electrons. The lowest BCUT2D eigenvalue weighted by molar-refractivity contribution is -0.142. The van der Waals surface area contributed by atoms with Gasteiger partial charge in [0.15, 0.2) is 18.1 Å². The van der Waals surface area contributed by atoms with E-state index in [-0.39, 0.29) is 11.3 Å². The number of anilines is 1. The Labute approximate surface area is 182 Å². The lowest BCUT2D eigenvalue weighted by Gasteiger charge is -2.12. The van der Waals surface area contributed by atoms with Gasteiger partial charge in [-0.1, -0.05) is 38.9 Å². The summed E-state index contributed by atoms with van der Waals surface area (Å²) in [6.45, 7) is 10.5. The summed E-state index contributed by atoms with van der Waals surface area (Å²) in [4.78, 5) is 23.9. The minimum absolute atomic E-state index is 0.202. The van der Waals surface area contributed by atoms with Gasteiger partial charge in [0.05, 0.1) is 18.9 Å². The number of amides is 1. The van der Waals surface area contributed by atoms with Crippen LogP contribution < -0.4 is 14.8 Å². The summed E-state index contributed by atoms with van der Waals surface area (Å²) in [6, 6.07) is 7.02. The van der Waals surface area contributed by atoms with E-state index < -0.39 is 18.5 Å². The molecule has 0 radical (unpaired) electrons. The molecule has 0 atom stereocenters.